The summed E-state index contributed by atoms with van der Waals surface area (Å²) in [5.74, 6) is -1.05. The molecule has 5 nitrogen and oxygen atoms in total. The summed E-state index contributed by atoms with van der Waals surface area (Å²) < 4.78 is 0. The molecule has 5 atom stereocenters. The zero-order valence-electron chi connectivity index (χ0n) is 14.8. The topological polar surface area (TPSA) is 98.0 Å². The summed E-state index contributed by atoms with van der Waals surface area (Å²) in [6.07, 6.45) is 12.4. The summed E-state index contributed by atoms with van der Waals surface area (Å²) in [5.41, 5.74) is 0. The molecule has 1 aliphatic carbocycles. The third-order valence-electron chi connectivity index (χ3n) is 4.72. The molecule has 142 valence electrons. The molecule has 0 spiro atoms. The Morgan fingerprint density at radius 3 is 2.60 bits per heavy atom. The number of hydrogen-bond donors (Lipinski definition) is 4. The van der Waals surface area contributed by atoms with Gasteiger partial charge in [-0.2, -0.15) is 0 Å². The Labute approximate surface area is 150 Å². The first-order valence-corrected chi connectivity index (χ1v) is 9.16. The van der Waals surface area contributed by atoms with Crippen molar-refractivity contribution in [2.45, 2.75) is 69.7 Å². The molecular formula is C20H32O5. The SMILES string of the molecule is C=CCCC[C@H](O)C=C[C@@H]1[C@@H](CC=CCCCC(=O)O)[C@@H](O)C[C@H]1O. The van der Waals surface area contributed by atoms with Gasteiger partial charge in [0.1, 0.15) is 0 Å². The zero-order chi connectivity index (χ0) is 18.7. The van der Waals surface area contributed by atoms with E-state index in [1.807, 2.05) is 24.3 Å². The van der Waals surface area contributed by atoms with Crippen LogP contribution in [-0.4, -0.2) is 44.7 Å². The lowest BCUT2D eigenvalue weighted by atomic mass is 9.89. The predicted molar refractivity (Wildman–Crippen MR) is 98.0 cm³/mol. The minimum atomic E-state index is -0.792. The number of carboxylic acids is 1. The van der Waals surface area contributed by atoms with E-state index in [0.717, 1.165) is 12.8 Å². The smallest absolute Gasteiger partial charge is 0.303 e. The van der Waals surface area contributed by atoms with Crippen LogP contribution in [0.4, 0.5) is 0 Å². The van der Waals surface area contributed by atoms with Crippen LogP contribution in [0.5, 0.6) is 0 Å². The highest BCUT2D eigenvalue weighted by Crippen LogP contribution is 2.36. The highest BCUT2D eigenvalue weighted by molar-refractivity contribution is 5.66. The summed E-state index contributed by atoms with van der Waals surface area (Å²) in [7, 11) is 0. The van der Waals surface area contributed by atoms with E-state index in [1.54, 1.807) is 6.08 Å². The van der Waals surface area contributed by atoms with Crippen LogP contribution in [0.15, 0.2) is 37.0 Å². The number of allylic oxidation sites excluding steroid dienone is 3. The molecule has 0 amide bonds. The Morgan fingerprint density at radius 1 is 1.16 bits per heavy atom. The Bertz CT molecular complexity index is 457. The fourth-order valence-electron chi connectivity index (χ4n) is 3.27. The number of rotatable bonds is 12. The van der Waals surface area contributed by atoms with Gasteiger partial charge in [0.2, 0.25) is 0 Å². The van der Waals surface area contributed by atoms with E-state index in [9.17, 15) is 20.1 Å². The number of hydrogen-bond acceptors (Lipinski definition) is 4. The molecule has 1 aliphatic rings. The Morgan fingerprint density at radius 2 is 1.92 bits per heavy atom. The molecule has 0 unspecified atom stereocenters. The maximum Gasteiger partial charge on any atom is 0.303 e. The van der Waals surface area contributed by atoms with Gasteiger partial charge >= 0.3 is 5.97 Å². The van der Waals surface area contributed by atoms with Crippen LogP contribution in [0.3, 0.4) is 0 Å². The summed E-state index contributed by atoms with van der Waals surface area (Å²) >= 11 is 0. The van der Waals surface area contributed by atoms with E-state index >= 15 is 0 Å². The molecule has 0 radical (unpaired) electrons. The molecule has 0 bridgehead atoms. The highest BCUT2D eigenvalue weighted by Gasteiger charge is 2.39. The first-order chi connectivity index (χ1) is 12.0. The van der Waals surface area contributed by atoms with Gasteiger partial charge < -0.3 is 20.4 Å². The lowest BCUT2D eigenvalue weighted by molar-refractivity contribution is -0.137. The van der Waals surface area contributed by atoms with E-state index in [0.29, 0.717) is 32.1 Å². The van der Waals surface area contributed by atoms with Gasteiger partial charge in [-0.1, -0.05) is 30.4 Å². The lowest BCUT2D eigenvalue weighted by Crippen LogP contribution is -2.20. The van der Waals surface area contributed by atoms with Crippen molar-refractivity contribution < 1.29 is 25.2 Å². The molecule has 0 aliphatic heterocycles. The van der Waals surface area contributed by atoms with Crippen molar-refractivity contribution in [1.29, 1.82) is 0 Å². The van der Waals surface area contributed by atoms with Crippen molar-refractivity contribution >= 4 is 5.97 Å². The lowest BCUT2D eigenvalue weighted by Gasteiger charge is -2.19. The van der Waals surface area contributed by atoms with Crippen molar-refractivity contribution in [3.8, 4) is 0 Å². The van der Waals surface area contributed by atoms with Crippen LogP contribution in [0.25, 0.3) is 0 Å². The zero-order valence-corrected chi connectivity index (χ0v) is 14.8. The number of carboxylic acid groups (broad SMARTS) is 1. The Balaban J connectivity index is 2.47. The molecule has 4 N–H and O–H groups in total. The van der Waals surface area contributed by atoms with Crippen molar-refractivity contribution in [2.75, 3.05) is 0 Å². The number of aliphatic hydroxyl groups excluding tert-OH is 3. The van der Waals surface area contributed by atoms with Gasteiger partial charge in [0, 0.05) is 18.8 Å². The molecule has 0 heterocycles. The predicted octanol–water partition coefficient (Wildman–Crippen LogP) is 2.82. The first-order valence-electron chi connectivity index (χ1n) is 9.16. The average molecular weight is 352 g/mol. The van der Waals surface area contributed by atoms with Gasteiger partial charge in [0.25, 0.3) is 0 Å². The molecule has 0 saturated heterocycles. The molecule has 5 heteroatoms. The monoisotopic (exact) mass is 352 g/mol. The van der Waals surface area contributed by atoms with Gasteiger partial charge in [-0.05, 0) is 44.4 Å². The minimum absolute atomic E-state index is 0.0812. The number of aliphatic carboxylic acids is 1. The Kier molecular flexibility index (Phi) is 10.4. The molecule has 1 fully saturated rings. The largest absolute Gasteiger partial charge is 0.481 e. The van der Waals surface area contributed by atoms with Crippen LogP contribution in [0.1, 0.15) is 51.4 Å². The molecular weight excluding hydrogens is 320 g/mol. The van der Waals surface area contributed by atoms with Crippen LogP contribution in [0, 0.1) is 11.8 Å². The van der Waals surface area contributed by atoms with Crippen LogP contribution in [0.2, 0.25) is 0 Å². The summed E-state index contributed by atoms with van der Waals surface area (Å²) in [6, 6.07) is 0. The highest BCUT2D eigenvalue weighted by atomic mass is 16.4. The van der Waals surface area contributed by atoms with Crippen molar-refractivity contribution in [1.82, 2.24) is 0 Å². The fraction of sp³-hybridized carbons (Fsp3) is 0.650. The van der Waals surface area contributed by atoms with Crippen molar-refractivity contribution in [3.63, 3.8) is 0 Å². The molecule has 0 aromatic carbocycles. The van der Waals surface area contributed by atoms with Crippen molar-refractivity contribution in [2.24, 2.45) is 11.8 Å². The van der Waals surface area contributed by atoms with E-state index in [2.05, 4.69) is 6.58 Å². The van der Waals surface area contributed by atoms with E-state index < -0.39 is 24.3 Å². The second-order valence-electron chi connectivity index (χ2n) is 6.78. The van der Waals surface area contributed by atoms with E-state index in [1.165, 1.54) is 0 Å². The fourth-order valence-corrected chi connectivity index (χ4v) is 3.27. The van der Waals surface area contributed by atoms with Crippen LogP contribution >= 0.6 is 0 Å². The first kappa shape index (κ1) is 21.6. The standard InChI is InChI=1S/C20H32O5/c1-2-3-6-9-15(21)12-13-17-16(18(22)14-19(17)23)10-7-4-5-8-11-20(24)25/h2,4,7,12-13,15-19,21-23H,1,3,5-6,8-11,14H2,(H,24,25)/t15-,16+,17+,18-,19+/m0/s1. The maximum atomic E-state index is 10.5. The maximum absolute atomic E-state index is 10.5. The van der Waals surface area contributed by atoms with E-state index in [4.69, 9.17) is 5.11 Å². The van der Waals surface area contributed by atoms with Crippen LogP contribution in [-0.2, 0) is 4.79 Å². The third kappa shape index (κ3) is 8.47. The van der Waals surface area contributed by atoms with Crippen molar-refractivity contribution in [3.05, 3.63) is 37.0 Å². The van der Waals surface area contributed by atoms with Crippen LogP contribution < -0.4 is 0 Å². The van der Waals surface area contributed by atoms with E-state index in [-0.39, 0.29) is 18.3 Å². The number of carbonyl (C=O) groups is 1. The second kappa shape index (κ2) is 12.0. The number of unbranched alkanes of at least 4 members (excludes halogenated alkanes) is 2. The average Bonchev–Trinajstić information content (AvgIpc) is 2.82. The van der Waals surface area contributed by atoms with Gasteiger partial charge in [0.05, 0.1) is 18.3 Å². The van der Waals surface area contributed by atoms with Gasteiger partial charge in [-0.3, -0.25) is 4.79 Å². The number of aliphatic hydroxyl groups is 3. The summed E-state index contributed by atoms with van der Waals surface area (Å²) in [6.45, 7) is 3.65. The second-order valence-corrected chi connectivity index (χ2v) is 6.78. The van der Waals surface area contributed by atoms with Gasteiger partial charge in [-0.25, -0.2) is 0 Å². The third-order valence-corrected chi connectivity index (χ3v) is 4.72. The summed E-state index contributed by atoms with van der Waals surface area (Å²) in [4.78, 5) is 10.5. The normalized spacial score (nSPS) is 28.0. The quantitative estimate of drug-likeness (QED) is 0.320. The molecule has 1 saturated carbocycles. The van der Waals surface area contributed by atoms with Gasteiger partial charge in [0.15, 0.2) is 0 Å². The molecule has 0 aromatic rings. The Hall–Kier alpha value is -1.43. The minimum Gasteiger partial charge on any atom is -0.481 e. The van der Waals surface area contributed by atoms with Gasteiger partial charge in [-0.15, -0.1) is 6.58 Å². The molecule has 25 heavy (non-hydrogen) atoms. The molecule has 0 aromatic heterocycles. The summed E-state index contributed by atoms with van der Waals surface area (Å²) in [5, 5.41) is 38.9. The molecule has 1 rings (SSSR count).